The Morgan fingerprint density at radius 3 is 2.33 bits per heavy atom. The number of fused-ring (bicyclic) bond motifs is 1. The van der Waals surface area contributed by atoms with Crippen molar-refractivity contribution < 1.29 is 24.3 Å². The first-order valence-electron chi connectivity index (χ1n) is 9.55. The summed E-state index contributed by atoms with van der Waals surface area (Å²) in [7, 11) is 0. The minimum Gasteiger partial charge on any atom is -0.480 e. The summed E-state index contributed by atoms with van der Waals surface area (Å²) in [5.74, 6) is -2.05. The van der Waals surface area contributed by atoms with Crippen LogP contribution in [-0.4, -0.2) is 57.2 Å². The number of nitrogens with zero attached hydrogens (tertiary/aromatic N) is 2. The van der Waals surface area contributed by atoms with Crippen LogP contribution in [0, 0.1) is 0 Å². The Bertz CT molecular complexity index is 828. The van der Waals surface area contributed by atoms with Gasteiger partial charge < -0.3 is 10.0 Å². The van der Waals surface area contributed by atoms with Gasteiger partial charge in [0.2, 0.25) is 0 Å². The van der Waals surface area contributed by atoms with Crippen molar-refractivity contribution in [3.63, 3.8) is 0 Å². The van der Waals surface area contributed by atoms with Crippen molar-refractivity contribution in [3.05, 3.63) is 34.9 Å². The third-order valence-corrected chi connectivity index (χ3v) is 5.90. The molecule has 2 fully saturated rings. The minimum atomic E-state index is -1.02. The second-order valence-corrected chi connectivity index (χ2v) is 7.53. The third-order valence-electron chi connectivity index (χ3n) is 5.90. The normalized spacial score (nSPS) is 23.0. The van der Waals surface area contributed by atoms with Crippen molar-refractivity contribution in [2.24, 2.45) is 0 Å². The zero-order chi connectivity index (χ0) is 19.1. The molecule has 7 heteroatoms. The maximum absolute atomic E-state index is 12.9. The van der Waals surface area contributed by atoms with Gasteiger partial charge in [0.1, 0.15) is 6.04 Å². The van der Waals surface area contributed by atoms with Gasteiger partial charge in [-0.2, -0.15) is 0 Å². The van der Waals surface area contributed by atoms with E-state index in [0.29, 0.717) is 24.9 Å². The number of hydrogen-bond acceptors (Lipinski definition) is 4. The smallest absolute Gasteiger partial charge is 0.326 e. The summed E-state index contributed by atoms with van der Waals surface area (Å²) in [5, 5.41) is 9.29. The topological polar surface area (TPSA) is 95.0 Å². The average Bonchev–Trinajstić information content (AvgIpc) is 3.26. The van der Waals surface area contributed by atoms with Crippen LogP contribution in [0.5, 0.6) is 0 Å². The number of rotatable bonds is 3. The molecule has 1 N–H and O–H groups in total. The number of amides is 3. The van der Waals surface area contributed by atoms with Crippen LogP contribution in [0.25, 0.3) is 0 Å². The number of benzene rings is 1. The zero-order valence-electron chi connectivity index (χ0n) is 15.0. The van der Waals surface area contributed by atoms with E-state index in [9.17, 15) is 24.3 Å². The molecular formula is C20H22N2O5. The Hall–Kier alpha value is -2.70. The summed E-state index contributed by atoms with van der Waals surface area (Å²) in [6.07, 6.45) is 5.86. The lowest BCUT2D eigenvalue weighted by molar-refractivity contribution is -0.141. The van der Waals surface area contributed by atoms with E-state index in [1.165, 1.54) is 28.0 Å². The Labute approximate surface area is 156 Å². The summed E-state index contributed by atoms with van der Waals surface area (Å²) in [6, 6.07) is 3.60. The van der Waals surface area contributed by atoms with Gasteiger partial charge in [-0.3, -0.25) is 19.3 Å². The number of likely N-dealkylation sites (tertiary alicyclic amines) is 1. The summed E-state index contributed by atoms with van der Waals surface area (Å²) < 4.78 is 0. The lowest BCUT2D eigenvalue weighted by Crippen LogP contribution is -2.41. The molecule has 1 saturated carbocycles. The van der Waals surface area contributed by atoms with E-state index in [1.807, 2.05) is 0 Å². The fourth-order valence-electron chi connectivity index (χ4n) is 4.50. The second-order valence-electron chi connectivity index (χ2n) is 7.53. The summed E-state index contributed by atoms with van der Waals surface area (Å²) in [4.78, 5) is 52.4. The SMILES string of the molecule is O=C(O)C1CCCN1C(=O)c1ccc2c(c1)C(=O)N(C1CCCCC1)C2=O. The number of aliphatic carboxylic acids is 1. The lowest BCUT2D eigenvalue weighted by atomic mass is 9.94. The maximum atomic E-state index is 12.9. The average molecular weight is 370 g/mol. The molecule has 7 nitrogen and oxygen atoms in total. The van der Waals surface area contributed by atoms with Crippen LogP contribution in [0.1, 0.15) is 76.0 Å². The Morgan fingerprint density at radius 2 is 1.63 bits per heavy atom. The minimum absolute atomic E-state index is 0.0692. The lowest BCUT2D eigenvalue weighted by Gasteiger charge is -2.29. The first kappa shape index (κ1) is 17.7. The van der Waals surface area contributed by atoms with Crippen molar-refractivity contribution in [1.82, 2.24) is 9.80 Å². The highest BCUT2D eigenvalue weighted by Gasteiger charge is 2.41. The summed E-state index contributed by atoms with van der Waals surface area (Å²) in [6.45, 7) is 0.383. The fraction of sp³-hybridized carbons (Fsp3) is 0.500. The molecule has 1 unspecified atom stereocenters. The molecule has 0 aromatic heterocycles. The van der Waals surface area contributed by atoms with Crippen molar-refractivity contribution in [2.75, 3.05) is 6.54 Å². The molecule has 2 heterocycles. The zero-order valence-corrected chi connectivity index (χ0v) is 15.0. The van der Waals surface area contributed by atoms with Crippen molar-refractivity contribution in [3.8, 4) is 0 Å². The van der Waals surface area contributed by atoms with Gasteiger partial charge in [-0.15, -0.1) is 0 Å². The third kappa shape index (κ3) is 2.91. The van der Waals surface area contributed by atoms with E-state index < -0.39 is 17.9 Å². The van der Waals surface area contributed by atoms with E-state index in [-0.39, 0.29) is 29.0 Å². The molecular weight excluding hydrogens is 348 g/mol. The number of carboxylic acid groups (broad SMARTS) is 1. The highest BCUT2D eigenvalue weighted by Crippen LogP contribution is 2.32. The van der Waals surface area contributed by atoms with Crippen LogP contribution >= 0.6 is 0 Å². The molecule has 2 aliphatic heterocycles. The molecule has 27 heavy (non-hydrogen) atoms. The van der Waals surface area contributed by atoms with E-state index >= 15 is 0 Å². The van der Waals surface area contributed by atoms with E-state index in [2.05, 4.69) is 0 Å². The van der Waals surface area contributed by atoms with Crippen LogP contribution in [0.15, 0.2) is 18.2 Å². The Kier molecular flexibility index (Phi) is 4.45. The Morgan fingerprint density at radius 1 is 0.926 bits per heavy atom. The van der Waals surface area contributed by atoms with E-state index in [4.69, 9.17) is 0 Å². The monoisotopic (exact) mass is 370 g/mol. The predicted octanol–water partition coefficient (Wildman–Crippen LogP) is 2.30. The van der Waals surface area contributed by atoms with Crippen molar-refractivity contribution in [1.29, 1.82) is 0 Å². The summed E-state index contributed by atoms with van der Waals surface area (Å²) >= 11 is 0. The van der Waals surface area contributed by atoms with Crippen LogP contribution in [0.2, 0.25) is 0 Å². The van der Waals surface area contributed by atoms with Gasteiger partial charge >= 0.3 is 5.97 Å². The molecule has 3 aliphatic rings. The molecule has 1 aromatic carbocycles. The summed E-state index contributed by atoms with van der Waals surface area (Å²) in [5.41, 5.74) is 0.842. The largest absolute Gasteiger partial charge is 0.480 e. The quantitative estimate of drug-likeness (QED) is 0.824. The number of carboxylic acids is 1. The molecule has 1 aromatic rings. The number of hydrogen-bond donors (Lipinski definition) is 1. The van der Waals surface area contributed by atoms with E-state index in [0.717, 1.165) is 32.1 Å². The van der Waals surface area contributed by atoms with Crippen LogP contribution < -0.4 is 0 Å². The van der Waals surface area contributed by atoms with Gasteiger partial charge in [0.15, 0.2) is 0 Å². The Balaban J connectivity index is 1.61. The first-order valence-corrected chi connectivity index (χ1v) is 9.55. The molecule has 3 amide bonds. The highest BCUT2D eigenvalue weighted by molar-refractivity contribution is 6.22. The number of carbonyl (C=O) groups is 4. The van der Waals surface area contributed by atoms with E-state index in [1.54, 1.807) is 0 Å². The van der Waals surface area contributed by atoms with Gasteiger partial charge in [-0.1, -0.05) is 19.3 Å². The molecule has 142 valence electrons. The molecule has 0 radical (unpaired) electrons. The van der Waals surface area contributed by atoms with Gasteiger partial charge in [0.25, 0.3) is 17.7 Å². The molecule has 1 atom stereocenters. The first-order chi connectivity index (χ1) is 13.0. The molecule has 0 bridgehead atoms. The maximum Gasteiger partial charge on any atom is 0.326 e. The highest BCUT2D eigenvalue weighted by atomic mass is 16.4. The molecule has 0 spiro atoms. The van der Waals surface area contributed by atoms with Crippen molar-refractivity contribution >= 4 is 23.7 Å². The molecule has 1 saturated heterocycles. The number of carbonyl (C=O) groups excluding carboxylic acids is 3. The standard InChI is InChI=1S/C20H22N2O5/c23-17(21-10-4-7-16(21)20(26)27)12-8-9-14-15(11-12)19(25)22(18(14)24)13-5-2-1-3-6-13/h8-9,11,13,16H,1-7,10H2,(H,26,27). The van der Waals surface area contributed by atoms with Gasteiger partial charge in [0.05, 0.1) is 11.1 Å². The van der Waals surface area contributed by atoms with Gasteiger partial charge in [0, 0.05) is 18.2 Å². The van der Waals surface area contributed by atoms with Crippen LogP contribution in [-0.2, 0) is 4.79 Å². The predicted molar refractivity (Wildman–Crippen MR) is 95.5 cm³/mol. The number of imide groups is 1. The van der Waals surface area contributed by atoms with Gasteiger partial charge in [-0.25, -0.2) is 4.79 Å². The van der Waals surface area contributed by atoms with Gasteiger partial charge in [-0.05, 0) is 43.9 Å². The fourth-order valence-corrected chi connectivity index (χ4v) is 4.50. The van der Waals surface area contributed by atoms with Crippen LogP contribution in [0.4, 0.5) is 0 Å². The van der Waals surface area contributed by atoms with Crippen molar-refractivity contribution in [2.45, 2.75) is 57.0 Å². The van der Waals surface area contributed by atoms with Crippen LogP contribution in [0.3, 0.4) is 0 Å². The molecule has 1 aliphatic carbocycles. The molecule has 4 rings (SSSR count). The second kappa shape index (κ2) is 6.79.